The van der Waals surface area contributed by atoms with E-state index < -0.39 is 0 Å². The van der Waals surface area contributed by atoms with Crippen LogP contribution < -0.4 is 5.73 Å². The fraction of sp³-hybridized carbons (Fsp3) is 0.263. The van der Waals surface area contributed by atoms with Gasteiger partial charge in [-0.3, -0.25) is 9.59 Å². The number of hydrogen-bond donors (Lipinski definition) is 1. The lowest BCUT2D eigenvalue weighted by Gasteiger charge is -2.31. The maximum Gasteiger partial charge on any atom is 0.255 e. The van der Waals surface area contributed by atoms with Gasteiger partial charge < -0.3 is 10.6 Å². The van der Waals surface area contributed by atoms with Crippen LogP contribution in [0.25, 0.3) is 0 Å². The molecule has 0 aromatic heterocycles. The van der Waals surface area contributed by atoms with E-state index in [1.165, 1.54) is 0 Å². The maximum atomic E-state index is 12.6. The molecule has 2 aromatic carbocycles. The van der Waals surface area contributed by atoms with Gasteiger partial charge in [0.15, 0.2) is 5.78 Å². The standard InChI is InChI=1S/C19H19ClN2O2.ClH/c20-15-7-5-13(6-8-15)18(23)14-9-11-22(12-10-14)19(24)16-3-1-2-4-17(16)21;/h1-8,14H,9-12,21H2;1H. The number of nitrogen functional groups attached to an aromatic ring is 1. The molecule has 1 amide bonds. The number of Topliss-reactive ketones (excluding diaryl/α,β-unsaturated/α-hetero) is 1. The van der Waals surface area contributed by atoms with Crippen LogP contribution in [-0.4, -0.2) is 29.7 Å². The Morgan fingerprint density at radius 2 is 1.60 bits per heavy atom. The number of nitrogens with zero attached hydrogens (tertiary/aromatic N) is 1. The lowest BCUT2D eigenvalue weighted by Crippen LogP contribution is -2.40. The minimum atomic E-state index is -0.0644. The molecular formula is C19H20Cl2N2O2. The lowest BCUT2D eigenvalue weighted by molar-refractivity contribution is 0.0651. The number of ketones is 1. The fourth-order valence-electron chi connectivity index (χ4n) is 3.06. The van der Waals surface area contributed by atoms with Crippen molar-refractivity contribution in [2.75, 3.05) is 18.8 Å². The minimum Gasteiger partial charge on any atom is -0.398 e. The molecule has 1 aliphatic heterocycles. The minimum absolute atomic E-state index is 0. The van der Waals surface area contributed by atoms with Crippen LogP contribution in [0.2, 0.25) is 5.02 Å². The Labute approximate surface area is 158 Å². The predicted octanol–water partition coefficient (Wildman–Crippen LogP) is 4.08. The average molecular weight is 379 g/mol. The Morgan fingerprint density at radius 1 is 1.00 bits per heavy atom. The van der Waals surface area contributed by atoms with E-state index in [0.29, 0.717) is 47.8 Å². The van der Waals surface area contributed by atoms with Crippen LogP contribution in [0.4, 0.5) is 5.69 Å². The lowest BCUT2D eigenvalue weighted by atomic mass is 9.88. The first kappa shape index (κ1) is 19.3. The van der Waals surface area contributed by atoms with Gasteiger partial charge in [0, 0.05) is 35.3 Å². The molecule has 0 saturated carbocycles. The summed E-state index contributed by atoms with van der Waals surface area (Å²) in [6.07, 6.45) is 1.33. The summed E-state index contributed by atoms with van der Waals surface area (Å²) in [5.41, 5.74) is 7.57. The normalized spacial score (nSPS) is 14.7. The van der Waals surface area contributed by atoms with Crippen molar-refractivity contribution < 1.29 is 9.59 Å². The molecule has 1 aliphatic rings. The first-order valence-electron chi connectivity index (χ1n) is 8.00. The van der Waals surface area contributed by atoms with Crippen LogP contribution in [0.1, 0.15) is 33.6 Å². The molecule has 1 saturated heterocycles. The smallest absolute Gasteiger partial charge is 0.255 e. The summed E-state index contributed by atoms with van der Waals surface area (Å²) < 4.78 is 0. The number of rotatable bonds is 3. The molecule has 4 nitrogen and oxygen atoms in total. The molecular weight excluding hydrogens is 359 g/mol. The van der Waals surface area contributed by atoms with Crippen LogP contribution in [0.5, 0.6) is 0 Å². The SMILES string of the molecule is Cl.Nc1ccccc1C(=O)N1CCC(C(=O)c2ccc(Cl)cc2)CC1. The highest BCUT2D eigenvalue weighted by Crippen LogP contribution is 2.24. The molecule has 2 N–H and O–H groups in total. The van der Waals surface area contributed by atoms with Gasteiger partial charge in [-0.2, -0.15) is 0 Å². The Balaban J connectivity index is 0.00000225. The molecule has 25 heavy (non-hydrogen) atoms. The second-order valence-electron chi connectivity index (χ2n) is 6.02. The monoisotopic (exact) mass is 378 g/mol. The molecule has 6 heteroatoms. The highest BCUT2D eigenvalue weighted by molar-refractivity contribution is 6.30. The molecule has 0 radical (unpaired) electrons. The number of benzene rings is 2. The number of carbonyl (C=O) groups excluding carboxylic acids is 2. The van der Waals surface area contributed by atoms with Gasteiger partial charge in [0.2, 0.25) is 0 Å². The summed E-state index contributed by atoms with van der Waals surface area (Å²) in [5, 5.41) is 0.618. The summed E-state index contributed by atoms with van der Waals surface area (Å²) in [5.74, 6) is 0.00632. The number of likely N-dealkylation sites (tertiary alicyclic amines) is 1. The van der Waals surface area contributed by atoms with Crippen molar-refractivity contribution >= 4 is 41.4 Å². The molecule has 0 spiro atoms. The van der Waals surface area contributed by atoms with Gasteiger partial charge in [-0.05, 0) is 49.2 Å². The van der Waals surface area contributed by atoms with Gasteiger partial charge >= 0.3 is 0 Å². The zero-order valence-corrected chi connectivity index (χ0v) is 15.2. The van der Waals surface area contributed by atoms with Gasteiger partial charge in [0.1, 0.15) is 0 Å². The molecule has 132 valence electrons. The fourth-order valence-corrected chi connectivity index (χ4v) is 3.18. The van der Waals surface area contributed by atoms with Gasteiger partial charge in [0.25, 0.3) is 5.91 Å². The van der Waals surface area contributed by atoms with Crippen LogP contribution in [-0.2, 0) is 0 Å². The van der Waals surface area contributed by atoms with Crippen molar-refractivity contribution in [3.05, 3.63) is 64.7 Å². The van der Waals surface area contributed by atoms with Crippen molar-refractivity contribution in [2.45, 2.75) is 12.8 Å². The first-order chi connectivity index (χ1) is 11.6. The number of amides is 1. The Bertz CT molecular complexity index is 754. The summed E-state index contributed by atoms with van der Waals surface area (Å²) in [6.45, 7) is 1.13. The van der Waals surface area contributed by atoms with E-state index in [4.69, 9.17) is 17.3 Å². The molecule has 1 heterocycles. The number of nitrogens with two attached hydrogens (primary N) is 1. The molecule has 1 fully saturated rings. The van der Waals surface area contributed by atoms with Crippen molar-refractivity contribution in [1.82, 2.24) is 4.90 Å². The van der Waals surface area contributed by atoms with Gasteiger partial charge in [-0.15, -0.1) is 12.4 Å². The van der Waals surface area contributed by atoms with Gasteiger partial charge in [0.05, 0.1) is 5.56 Å². The van der Waals surface area contributed by atoms with E-state index in [-0.39, 0.29) is 30.0 Å². The number of para-hydroxylation sites is 1. The van der Waals surface area contributed by atoms with E-state index >= 15 is 0 Å². The zero-order valence-electron chi connectivity index (χ0n) is 13.7. The Morgan fingerprint density at radius 3 is 2.20 bits per heavy atom. The van der Waals surface area contributed by atoms with Crippen molar-refractivity contribution in [2.24, 2.45) is 5.92 Å². The van der Waals surface area contributed by atoms with Crippen LogP contribution >= 0.6 is 24.0 Å². The summed E-state index contributed by atoms with van der Waals surface area (Å²) in [6, 6.07) is 14.0. The first-order valence-corrected chi connectivity index (χ1v) is 8.37. The third-order valence-electron chi connectivity index (χ3n) is 4.47. The molecule has 0 bridgehead atoms. The molecule has 0 unspecified atom stereocenters. The van der Waals surface area contributed by atoms with Crippen molar-refractivity contribution in [3.63, 3.8) is 0 Å². The van der Waals surface area contributed by atoms with Gasteiger partial charge in [-0.1, -0.05) is 23.7 Å². The largest absolute Gasteiger partial charge is 0.398 e. The van der Waals surface area contributed by atoms with E-state index in [2.05, 4.69) is 0 Å². The highest BCUT2D eigenvalue weighted by atomic mass is 35.5. The summed E-state index contributed by atoms with van der Waals surface area (Å²) >= 11 is 5.86. The zero-order chi connectivity index (χ0) is 17.1. The maximum absolute atomic E-state index is 12.6. The molecule has 2 aromatic rings. The number of carbonyl (C=O) groups is 2. The third kappa shape index (κ3) is 4.33. The topological polar surface area (TPSA) is 63.4 Å². The van der Waals surface area contributed by atoms with Crippen molar-refractivity contribution in [1.29, 1.82) is 0 Å². The van der Waals surface area contributed by atoms with E-state index in [0.717, 1.165) is 0 Å². The van der Waals surface area contributed by atoms with E-state index in [9.17, 15) is 9.59 Å². The Kier molecular flexibility index (Phi) is 6.45. The quantitative estimate of drug-likeness (QED) is 0.646. The highest BCUT2D eigenvalue weighted by Gasteiger charge is 2.28. The second kappa shape index (κ2) is 8.37. The summed E-state index contributed by atoms with van der Waals surface area (Å²) in [7, 11) is 0. The van der Waals surface area contributed by atoms with E-state index in [1.54, 1.807) is 47.4 Å². The second-order valence-corrected chi connectivity index (χ2v) is 6.46. The van der Waals surface area contributed by atoms with E-state index in [1.807, 2.05) is 6.07 Å². The summed E-state index contributed by atoms with van der Waals surface area (Å²) in [4.78, 5) is 26.9. The molecule has 3 rings (SSSR count). The number of hydrogen-bond acceptors (Lipinski definition) is 3. The average Bonchev–Trinajstić information content (AvgIpc) is 2.62. The van der Waals surface area contributed by atoms with Gasteiger partial charge in [-0.25, -0.2) is 0 Å². The van der Waals surface area contributed by atoms with Crippen LogP contribution in [0.15, 0.2) is 48.5 Å². The van der Waals surface area contributed by atoms with Crippen molar-refractivity contribution in [3.8, 4) is 0 Å². The number of anilines is 1. The molecule has 0 aliphatic carbocycles. The third-order valence-corrected chi connectivity index (χ3v) is 4.72. The van der Waals surface area contributed by atoms with Crippen LogP contribution in [0, 0.1) is 5.92 Å². The number of halogens is 2. The Hall–Kier alpha value is -2.04. The number of piperidine rings is 1. The van der Waals surface area contributed by atoms with Crippen LogP contribution in [0.3, 0.4) is 0 Å². The predicted molar refractivity (Wildman–Crippen MR) is 103 cm³/mol. The molecule has 0 atom stereocenters.